The Morgan fingerprint density at radius 2 is 2.28 bits per heavy atom. The van der Waals surface area contributed by atoms with E-state index in [1.54, 1.807) is 10.9 Å². The van der Waals surface area contributed by atoms with Gasteiger partial charge in [0.05, 0.1) is 11.1 Å². The second kappa shape index (κ2) is 6.36. The highest BCUT2D eigenvalue weighted by atomic mass is 32.2. The van der Waals surface area contributed by atoms with Crippen molar-refractivity contribution in [3.05, 3.63) is 35.8 Å². The van der Waals surface area contributed by atoms with E-state index in [-0.39, 0.29) is 4.90 Å². The topological polar surface area (TPSA) is 94.1 Å². The standard InChI is InChI=1S/C15H17N5O3S2/c1-2-19-10-11(9-16-19)25(21,22)20-7-3-5-12(20)14-17-18-15(23-14)13-6-4-8-24-13/h4,6,8-10,12H,2-3,5,7H2,1H3. The van der Waals surface area contributed by atoms with Gasteiger partial charge in [-0.15, -0.1) is 21.5 Å². The molecule has 0 aliphatic carbocycles. The van der Waals surface area contributed by atoms with Crippen LogP contribution in [0.15, 0.2) is 39.2 Å². The highest BCUT2D eigenvalue weighted by Gasteiger charge is 2.39. The van der Waals surface area contributed by atoms with Gasteiger partial charge in [0.2, 0.25) is 15.9 Å². The maximum Gasteiger partial charge on any atom is 0.257 e. The number of rotatable bonds is 5. The summed E-state index contributed by atoms with van der Waals surface area (Å²) >= 11 is 1.50. The third-order valence-corrected chi connectivity index (χ3v) is 6.92. The van der Waals surface area contributed by atoms with E-state index in [1.165, 1.54) is 21.8 Å². The van der Waals surface area contributed by atoms with Crippen LogP contribution >= 0.6 is 11.3 Å². The molecule has 3 aromatic heterocycles. The Balaban J connectivity index is 1.64. The van der Waals surface area contributed by atoms with Crippen molar-refractivity contribution in [3.8, 4) is 10.8 Å². The third kappa shape index (κ3) is 2.90. The van der Waals surface area contributed by atoms with E-state index in [0.717, 1.165) is 11.3 Å². The molecule has 1 unspecified atom stereocenters. The number of hydrogen-bond acceptors (Lipinski definition) is 7. The highest BCUT2D eigenvalue weighted by Crippen LogP contribution is 2.37. The number of thiophene rings is 1. The van der Waals surface area contributed by atoms with E-state index >= 15 is 0 Å². The highest BCUT2D eigenvalue weighted by molar-refractivity contribution is 7.89. The van der Waals surface area contributed by atoms with Gasteiger partial charge in [0.15, 0.2) is 0 Å². The van der Waals surface area contributed by atoms with Crippen molar-refractivity contribution >= 4 is 21.4 Å². The smallest absolute Gasteiger partial charge is 0.257 e. The second-order valence-electron chi connectivity index (χ2n) is 5.73. The first-order valence-electron chi connectivity index (χ1n) is 8.01. The molecule has 132 valence electrons. The minimum atomic E-state index is -3.64. The van der Waals surface area contributed by atoms with Crippen LogP contribution in [0.3, 0.4) is 0 Å². The molecule has 0 spiro atoms. The fourth-order valence-electron chi connectivity index (χ4n) is 2.93. The van der Waals surface area contributed by atoms with Crippen molar-refractivity contribution in [2.75, 3.05) is 6.54 Å². The zero-order valence-corrected chi connectivity index (χ0v) is 15.2. The summed E-state index contributed by atoms with van der Waals surface area (Å²) in [5.74, 6) is 0.764. The lowest BCUT2D eigenvalue weighted by Gasteiger charge is -2.20. The molecule has 0 aromatic carbocycles. The first-order chi connectivity index (χ1) is 12.1. The number of nitrogens with zero attached hydrogens (tertiary/aromatic N) is 5. The van der Waals surface area contributed by atoms with Crippen LogP contribution in [0.5, 0.6) is 0 Å². The van der Waals surface area contributed by atoms with Crippen molar-refractivity contribution in [1.29, 1.82) is 0 Å². The first-order valence-corrected chi connectivity index (χ1v) is 10.3. The monoisotopic (exact) mass is 379 g/mol. The van der Waals surface area contributed by atoms with Crippen LogP contribution in [-0.4, -0.2) is 39.2 Å². The average molecular weight is 379 g/mol. The summed E-state index contributed by atoms with van der Waals surface area (Å²) in [4.78, 5) is 1.06. The number of sulfonamides is 1. The van der Waals surface area contributed by atoms with Crippen LogP contribution in [0.1, 0.15) is 31.7 Å². The molecule has 0 N–H and O–H groups in total. The van der Waals surface area contributed by atoms with Gasteiger partial charge in [-0.05, 0) is 31.2 Å². The van der Waals surface area contributed by atoms with Gasteiger partial charge in [-0.1, -0.05) is 6.07 Å². The SMILES string of the molecule is CCn1cc(S(=O)(=O)N2CCCC2c2nnc(-c3cccs3)o2)cn1. The molecule has 1 atom stereocenters. The molecule has 4 heterocycles. The molecule has 0 amide bonds. The summed E-state index contributed by atoms with van der Waals surface area (Å²) in [6, 6.07) is 3.36. The molecule has 1 aliphatic heterocycles. The van der Waals surface area contributed by atoms with E-state index in [2.05, 4.69) is 15.3 Å². The fourth-order valence-corrected chi connectivity index (χ4v) is 5.18. The minimum Gasteiger partial charge on any atom is -0.418 e. The maximum atomic E-state index is 13.0. The zero-order chi connectivity index (χ0) is 17.4. The van der Waals surface area contributed by atoms with Gasteiger partial charge in [0.1, 0.15) is 10.9 Å². The first kappa shape index (κ1) is 16.4. The summed E-state index contributed by atoms with van der Waals surface area (Å²) < 4.78 is 34.7. The molecule has 0 saturated carbocycles. The molecule has 10 heteroatoms. The minimum absolute atomic E-state index is 0.194. The van der Waals surface area contributed by atoms with Crippen molar-refractivity contribution in [1.82, 2.24) is 24.3 Å². The molecule has 4 rings (SSSR count). The Morgan fingerprint density at radius 1 is 1.40 bits per heavy atom. The average Bonchev–Trinajstić information content (AvgIpc) is 3.42. The summed E-state index contributed by atoms with van der Waals surface area (Å²) in [5, 5.41) is 14.2. The van der Waals surface area contributed by atoms with Crippen LogP contribution in [0.4, 0.5) is 0 Å². The zero-order valence-electron chi connectivity index (χ0n) is 13.6. The van der Waals surface area contributed by atoms with Gasteiger partial charge < -0.3 is 4.42 Å². The quantitative estimate of drug-likeness (QED) is 0.676. The van der Waals surface area contributed by atoms with E-state index in [4.69, 9.17) is 4.42 Å². The Hall–Kier alpha value is -2.04. The number of hydrogen-bond donors (Lipinski definition) is 0. The van der Waals surface area contributed by atoms with Gasteiger partial charge in [0.25, 0.3) is 5.89 Å². The van der Waals surface area contributed by atoms with E-state index < -0.39 is 16.1 Å². The molecule has 1 saturated heterocycles. The Labute approximate surface area is 149 Å². The van der Waals surface area contributed by atoms with Gasteiger partial charge in [-0.25, -0.2) is 8.42 Å². The molecule has 1 fully saturated rings. The molecule has 3 aromatic rings. The number of aromatic nitrogens is 4. The summed E-state index contributed by atoms with van der Waals surface area (Å²) in [6.45, 7) is 2.96. The van der Waals surface area contributed by atoms with Crippen LogP contribution < -0.4 is 0 Å². The molecular weight excluding hydrogens is 362 g/mol. The van der Waals surface area contributed by atoms with Gasteiger partial charge in [-0.2, -0.15) is 9.40 Å². The number of aryl methyl sites for hydroxylation is 1. The summed E-state index contributed by atoms with van der Waals surface area (Å²) in [6.07, 6.45) is 4.35. The summed E-state index contributed by atoms with van der Waals surface area (Å²) in [7, 11) is -3.64. The molecule has 8 nitrogen and oxygen atoms in total. The van der Waals surface area contributed by atoms with E-state index in [9.17, 15) is 8.42 Å². The lowest BCUT2D eigenvalue weighted by atomic mass is 10.2. The van der Waals surface area contributed by atoms with Crippen LogP contribution in [0, 0.1) is 0 Å². The second-order valence-corrected chi connectivity index (χ2v) is 8.57. The lowest BCUT2D eigenvalue weighted by molar-refractivity contribution is 0.332. The van der Waals surface area contributed by atoms with Crippen LogP contribution in [0.2, 0.25) is 0 Å². The predicted octanol–water partition coefficient (Wildman–Crippen LogP) is 2.54. The normalized spacial score (nSPS) is 18.8. The molecular formula is C15H17N5O3S2. The lowest BCUT2D eigenvalue weighted by Crippen LogP contribution is -2.30. The van der Waals surface area contributed by atoms with Crippen molar-refractivity contribution in [2.45, 2.75) is 37.2 Å². The third-order valence-electron chi connectivity index (χ3n) is 4.20. The van der Waals surface area contributed by atoms with E-state index in [0.29, 0.717) is 31.3 Å². The summed E-state index contributed by atoms with van der Waals surface area (Å²) in [5.41, 5.74) is 0. The van der Waals surface area contributed by atoms with Gasteiger partial charge in [-0.3, -0.25) is 4.68 Å². The largest absolute Gasteiger partial charge is 0.418 e. The predicted molar refractivity (Wildman–Crippen MR) is 91.4 cm³/mol. The van der Waals surface area contributed by atoms with Crippen molar-refractivity contribution in [2.24, 2.45) is 0 Å². The van der Waals surface area contributed by atoms with Crippen molar-refractivity contribution in [3.63, 3.8) is 0 Å². The van der Waals surface area contributed by atoms with Crippen molar-refractivity contribution < 1.29 is 12.8 Å². The van der Waals surface area contributed by atoms with Crippen LogP contribution in [-0.2, 0) is 16.6 Å². The fraction of sp³-hybridized carbons (Fsp3) is 0.400. The Kier molecular flexibility index (Phi) is 4.18. The Morgan fingerprint density at radius 3 is 3.00 bits per heavy atom. The van der Waals surface area contributed by atoms with E-state index in [1.807, 2.05) is 24.4 Å². The van der Waals surface area contributed by atoms with Gasteiger partial charge >= 0.3 is 0 Å². The molecule has 1 aliphatic rings. The maximum absolute atomic E-state index is 13.0. The molecule has 25 heavy (non-hydrogen) atoms. The molecule has 0 radical (unpaired) electrons. The Bertz CT molecular complexity index is 961. The van der Waals surface area contributed by atoms with Gasteiger partial charge in [0, 0.05) is 19.3 Å². The van der Waals surface area contributed by atoms with Crippen LogP contribution in [0.25, 0.3) is 10.8 Å². The molecule has 0 bridgehead atoms.